The van der Waals surface area contributed by atoms with E-state index in [4.69, 9.17) is 24.9 Å². The van der Waals surface area contributed by atoms with E-state index in [0.29, 0.717) is 93.9 Å². The number of nitrogens with zero attached hydrogens (tertiary/aromatic N) is 3. The third kappa shape index (κ3) is 13.0. The van der Waals surface area contributed by atoms with Gasteiger partial charge in [0.1, 0.15) is 0 Å². The maximum Gasteiger partial charge on any atom is 0.251 e. The molecule has 0 saturated carbocycles. The van der Waals surface area contributed by atoms with Gasteiger partial charge in [-0.1, -0.05) is 42.5 Å². The lowest BCUT2D eigenvalue weighted by molar-refractivity contribution is -0.123. The molecule has 5 N–H and O–H groups in total. The standard InChI is InChI=1S/C46H63N7O6/c1-5-53(6-2)37-16-17-41(39(32-37)42-31-35(18-21-48-42)44(55)50-40-15-9-12-34-11-7-8-14-38(34)40)51-45(56)46(3)19-10-13-36(33-46)43(54)49-22-23-52(4)24-26-58-28-30-59-29-27-57-25-20-47/h7-8,10-11,13-14,16-19,21,31-32,40H,5-6,9,12,15,20,22-30,33,47H2,1-4H3,(H,49,54)(H,50,55)(H,51,56)/t40?,46-/m1/s1. The molecule has 5 rings (SSSR count). The van der Waals surface area contributed by atoms with Gasteiger partial charge in [-0.2, -0.15) is 0 Å². The number of aromatic nitrogens is 1. The van der Waals surface area contributed by atoms with Crippen LogP contribution in [0.1, 0.15) is 67.6 Å². The van der Waals surface area contributed by atoms with Crippen LogP contribution in [0.15, 0.2) is 84.6 Å². The van der Waals surface area contributed by atoms with Gasteiger partial charge < -0.3 is 45.7 Å². The topological polar surface area (TPSA) is 160 Å². The summed E-state index contributed by atoms with van der Waals surface area (Å²) in [6.07, 6.45) is 10.2. The average molecular weight is 810 g/mol. The number of likely N-dealkylation sites (N-methyl/N-ethyl adjacent to an activating group) is 1. The van der Waals surface area contributed by atoms with E-state index in [1.54, 1.807) is 30.5 Å². The Morgan fingerprint density at radius 1 is 0.915 bits per heavy atom. The first-order valence-corrected chi connectivity index (χ1v) is 21.0. The number of rotatable bonds is 23. The molecular formula is C46H63N7O6. The predicted octanol–water partition coefficient (Wildman–Crippen LogP) is 5.29. The molecule has 59 heavy (non-hydrogen) atoms. The summed E-state index contributed by atoms with van der Waals surface area (Å²) in [5, 5.41) is 9.44. The maximum atomic E-state index is 14.2. The number of anilines is 2. The van der Waals surface area contributed by atoms with E-state index in [1.165, 1.54) is 11.1 Å². The van der Waals surface area contributed by atoms with E-state index in [-0.39, 0.29) is 30.2 Å². The molecule has 3 aromatic rings. The number of amides is 3. The van der Waals surface area contributed by atoms with Crippen molar-refractivity contribution in [2.45, 2.75) is 52.5 Å². The molecule has 318 valence electrons. The second-order valence-electron chi connectivity index (χ2n) is 15.2. The van der Waals surface area contributed by atoms with Crippen LogP contribution in [-0.2, 0) is 30.2 Å². The molecule has 2 aliphatic rings. The summed E-state index contributed by atoms with van der Waals surface area (Å²) in [7, 11) is 1.98. The highest BCUT2D eigenvalue weighted by Gasteiger charge is 2.35. The molecular weight excluding hydrogens is 747 g/mol. The third-order valence-corrected chi connectivity index (χ3v) is 10.9. The molecule has 0 spiro atoms. The zero-order chi connectivity index (χ0) is 42.0. The number of hydrogen-bond donors (Lipinski definition) is 4. The maximum absolute atomic E-state index is 14.2. The van der Waals surface area contributed by atoms with Crippen molar-refractivity contribution < 1.29 is 28.6 Å². The summed E-state index contributed by atoms with van der Waals surface area (Å²) in [6.45, 7) is 13.0. The highest BCUT2D eigenvalue weighted by Crippen LogP contribution is 2.37. The van der Waals surface area contributed by atoms with Crippen LogP contribution in [-0.4, -0.2) is 114 Å². The van der Waals surface area contributed by atoms with Crippen molar-refractivity contribution in [3.05, 3.63) is 101 Å². The van der Waals surface area contributed by atoms with Gasteiger partial charge in [-0.05, 0) is 95.0 Å². The SMILES string of the molecule is CCN(CC)c1ccc(NC(=O)[C@]2(C)C=CC=C(C(=O)NCCN(C)CCOCCOCCOCCN)C2)c(-c2cc(C(=O)NC3CCCc4ccccc43)ccn2)c1. The molecule has 1 unspecified atom stereocenters. The van der Waals surface area contributed by atoms with Gasteiger partial charge in [-0.3, -0.25) is 19.4 Å². The largest absolute Gasteiger partial charge is 0.378 e. The van der Waals surface area contributed by atoms with E-state index >= 15 is 0 Å². The number of allylic oxidation sites excluding steroid dienone is 2. The molecule has 0 saturated heterocycles. The van der Waals surface area contributed by atoms with Crippen molar-refractivity contribution >= 4 is 29.1 Å². The first-order chi connectivity index (χ1) is 28.6. The highest BCUT2D eigenvalue weighted by atomic mass is 16.5. The number of pyridine rings is 1. The van der Waals surface area contributed by atoms with Gasteiger partial charge in [-0.15, -0.1) is 0 Å². The molecule has 2 aliphatic carbocycles. The molecule has 1 aromatic heterocycles. The van der Waals surface area contributed by atoms with Crippen molar-refractivity contribution in [3.8, 4) is 11.3 Å². The van der Waals surface area contributed by atoms with Crippen molar-refractivity contribution in [2.24, 2.45) is 11.1 Å². The number of nitrogens with one attached hydrogen (secondary N) is 3. The number of ether oxygens (including phenoxy) is 3. The second-order valence-corrected chi connectivity index (χ2v) is 15.2. The normalized spacial score (nSPS) is 17.3. The highest BCUT2D eigenvalue weighted by molar-refractivity contribution is 6.03. The van der Waals surface area contributed by atoms with E-state index in [0.717, 1.165) is 38.0 Å². The minimum absolute atomic E-state index is 0.0586. The number of fused-ring (bicyclic) bond motifs is 1. The molecule has 0 aliphatic heterocycles. The number of nitrogens with two attached hydrogens (primary N) is 1. The third-order valence-electron chi connectivity index (χ3n) is 10.9. The summed E-state index contributed by atoms with van der Waals surface area (Å²) in [5.41, 5.74) is 10.7. The van der Waals surface area contributed by atoms with E-state index < -0.39 is 5.41 Å². The lowest BCUT2D eigenvalue weighted by Crippen LogP contribution is -2.38. The van der Waals surface area contributed by atoms with E-state index in [1.807, 2.05) is 50.4 Å². The van der Waals surface area contributed by atoms with Gasteiger partial charge in [0.2, 0.25) is 11.8 Å². The molecule has 13 nitrogen and oxygen atoms in total. The quantitative estimate of drug-likeness (QED) is 0.0928. The Balaban J connectivity index is 1.18. The van der Waals surface area contributed by atoms with Gasteiger partial charge in [-0.25, -0.2) is 0 Å². The molecule has 13 heteroatoms. The monoisotopic (exact) mass is 809 g/mol. The fraction of sp³-hybridized carbons (Fsp3) is 0.478. The van der Waals surface area contributed by atoms with E-state index in [2.05, 4.69) is 51.7 Å². The van der Waals surface area contributed by atoms with Crippen LogP contribution in [0.3, 0.4) is 0 Å². The van der Waals surface area contributed by atoms with Crippen LogP contribution >= 0.6 is 0 Å². The summed E-state index contributed by atoms with van der Waals surface area (Å²) < 4.78 is 16.4. The first-order valence-electron chi connectivity index (χ1n) is 21.0. The van der Waals surface area contributed by atoms with Crippen LogP contribution < -0.4 is 26.6 Å². The first kappa shape index (κ1) is 45.2. The van der Waals surface area contributed by atoms with Crippen molar-refractivity contribution in [2.75, 3.05) is 96.2 Å². The van der Waals surface area contributed by atoms with Gasteiger partial charge in [0.15, 0.2) is 0 Å². The summed E-state index contributed by atoms with van der Waals surface area (Å²) in [5.74, 6) is -0.623. The number of benzene rings is 2. The number of hydrogen-bond acceptors (Lipinski definition) is 10. The fourth-order valence-corrected chi connectivity index (χ4v) is 7.40. The van der Waals surface area contributed by atoms with Crippen molar-refractivity contribution in [1.82, 2.24) is 20.5 Å². The van der Waals surface area contributed by atoms with Crippen LogP contribution in [0.5, 0.6) is 0 Å². The molecule has 3 amide bonds. The Bertz CT molecular complexity index is 1910. The molecule has 1 heterocycles. The fourth-order valence-electron chi connectivity index (χ4n) is 7.40. The van der Waals surface area contributed by atoms with Crippen molar-refractivity contribution in [3.63, 3.8) is 0 Å². The number of aryl methyl sites for hydroxylation is 1. The smallest absolute Gasteiger partial charge is 0.251 e. The summed E-state index contributed by atoms with van der Waals surface area (Å²) >= 11 is 0. The Morgan fingerprint density at radius 2 is 1.66 bits per heavy atom. The molecule has 2 atom stereocenters. The van der Waals surface area contributed by atoms with Crippen molar-refractivity contribution in [1.29, 1.82) is 0 Å². The van der Waals surface area contributed by atoms with Crippen LogP contribution in [0.4, 0.5) is 11.4 Å². The van der Waals surface area contributed by atoms with E-state index in [9.17, 15) is 14.4 Å². The van der Waals surface area contributed by atoms with Crippen LogP contribution in [0, 0.1) is 5.41 Å². The van der Waals surface area contributed by atoms with Crippen LogP contribution in [0.2, 0.25) is 0 Å². The predicted molar refractivity (Wildman–Crippen MR) is 233 cm³/mol. The minimum atomic E-state index is -0.989. The Labute approximate surface area is 349 Å². The number of carbonyl (C=O) groups excluding carboxylic acids is 3. The molecule has 0 fully saturated rings. The average Bonchev–Trinajstić information content (AvgIpc) is 3.25. The Kier molecular flexibility index (Phi) is 17.6. The lowest BCUT2D eigenvalue weighted by Gasteiger charge is -2.29. The molecule has 0 radical (unpaired) electrons. The second kappa shape index (κ2) is 23.0. The minimum Gasteiger partial charge on any atom is -0.378 e. The van der Waals surface area contributed by atoms with Crippen LogP contribution in [0.25, 0.3) is 11.3 Å². The zero-order valence-electron chi connectivity index (χ0n) is 35.3. The van der Waals surface area contributed by atoms with Gasteiger partial charge >= 0.3 is 0 Å². The zero-order valence-corrected chi connectivity index (χ0v) is 35.3. The Hall–Kier alpha value is -4.92. The summed E-state index contributed by atoms with van der Waals surface area (Å²) in [4.78, 5) is 50.2. The molecule has 2 aromatic carbocycles. The van der Waals surface area contributed by atoms with Gasteiger partial charge in [0, 0.05) is 67.9 Å². The van der Waals surface area contributed by atoms with Gasteiger partial charge in [0.25, 0.3) is 5.91 Å². The lowest BCUT2D eigenvalue weighted by atomic mass is 9.79. The molecule has 0 bridgehead atoms. The number of carbonyl (C=O) groups is 3. The summed E-state index contributed by atoms with van der Waals surface area (Å²) in [6, 6.07) is 17.7. The van der Waals surface area contributed by atoms with Gasteiger partial charge in [0.05, 0.1) is 62.5 Å². The Morgan fingerprint density at radius 3 is 2.42 bits per heavy atom.